The van der Waals surface area contributed by atoms with Crippen molar-refractivity contribution in [3.63, 3.8) is 0 Å². The number of carbonyl (C=O) groups excluding carboxylic acids is 1. The Hall–Kier alpha value is -3.22. The number of nitrogens with zero attached hydrogens (tertiary/aromatic N) is 4. The molecule has 7 heteroatoms. The van der Waals surface area contributed by atoms with Crippen molar-refractivity contribution in [1.82, 2.24) is 19.7 Å². The zero-order valence-electron chi connectivity index (χ0n) is 14.9. The lowest BCUT2D eigenvalue weighted by molar-refractivity contribution is -0.117. The minimum atomic E-state index is 0.0801. The van der Waals surface area contributed by atoms with E-state index in [0.29, 0.717) is 29.8 Å². The Morgan fingerprint density at radius 1 is 1.11 bits per heavy atom. The number of anilines is 1. The summed E-state index contributed by atoms with van der Waals surface area (Å²) in [6.45, 7) is 0. The summed E-state index contributed by atoms with van der Waals surface area (Å²) in [4.78, 5) is 16.1. The van der Waals surface area contributed by atoms with Crippen LogP contribution in [-0.4, -0.2) is 25.7 Å². The van der Waals surface area contributed by atoms with E-state index in [1.807, 2.05) is 18.2 Å². The average molecular weight is 363 g/mol. The zero-order chi connectivity index (χ0) is 18.5. The molecule has 1 aliphatic rings. The van der Waals surface area contributed by atoms with Crippen LogP contribution >= 0.6 is 0 Å². The van der Waals surface area contributed by atoms with Crippen molar-refractivity contribution < 1.29 is 9.53 Å². The Morgan fingerprint density at radius 2 is 1.93 bits per heavy atom. The SMILES string of the molecule is O=C(CC1CCCC1)Nc1ccc(Oc2ccc(-n3ccnc3)nn2)cc1. The molecule has 1 aromatic carbocycles. The predicted octanol–water partition coefficient (Wildman–Crippen LogP) is 3.97. The molecule has 0 aliphatic heterocycles. The number of imidazole rings is 1. The van der Waals surface area contributed by atoms with Crippen LogP contribution in [0.5, 0.6) is 11.6 Å². The highest BCUT2D eigenvalue weighted by molar-refractivity contribution is 5.90. The topological polar surface area (TPSA) is 81.9 Å². The van der Waals surface area contributed by atoms with E-state index in [1.54, 1.807) is 41.5 Å². The normalized spacial score (nSPS) is 14.2. The number of ether oxygens (including phenoxy) is 1. The lowest BCUT2D eigenvalue weighted by atomic mass is 10.0. The average Bonchev–Trinajstić information content (AvgIpc) is 3.38. The van der Waals surface area contributed by atoms with E-state index in [9.17, 15) is 4.79 Å². The number of rotatable bonds is 6. The molecule has 0 saturated heterocycles. The van der Waals surface area contributed by atoms with E-state index in [4.69, 9.17) is 4.74 Å². The van der Waals surface area contributed by atoms with Gasteiger partial charge in [0.2, 0.25) is 11.8 Å². The summed E-state index contributed by atoms with van der Waals surface area (Å²) in [7, 11) is 0. The first-order chi connectivity index (χ1) is 13.3. The highest BCUT2D eigenvalue weighted by Gasteiger charge is 2.18. The first kappa shape index (κ1) is 17.2. The smallest absolute Gasteiger partial charge is 0.238 e. The number of nitrogens with one attached hydrogen (secondary N) is 1. The fourth-order valence-corrected chi connectivity index (χ4v) is 3.32. The second-order valence-electron chi connectivity index (χ2n) is 6.73. The Balaban J connectivity index is 1.32. The van der Waals surface area contributed by atoms with E-state index in [1.165, 1.54) is 25.7 Å². The van der Waals surface area contributed by atoms with Gasteiger partial charge >= 0.3 is 0 Å². The summed E-state index contributed by atoms with van der Waals surface area (Å²) >= 11 is 0. The van der Waals surface area contributed by atoms with Gasteiger partial charge in [0.25, 0.3) is 0 Å². The second-order valence-corrected chi connectivity index (χ2v) is 6.73. The van der Waals surface area contributed by atoms with Crippen LogP contribution in [0.4, 0.5) is 5.69 Å². The molecule has 0 unspecified atom stereocenters. The molecule has 4 rings (SSSR count). The van der Waals surface area contributed by atoms with Crippen molar-refractivity contribution in [2.45, 2.75) is 32.1 Å². The minimum Gasteiger partial charge on any atom is -0.438 e. The summed E-state index contributed by atoms with van der Waals surface area (Å²) in [6.07, 6.45) is 10.6. The van der Waals surface area contributed by atoms with Gasteiger partial charge in [-0.15, -0.1) is 10.2 Å². The van der Waals surface area contributed by atoms with Crippen LogP contribution in [0.25, 0.3) is 5.82 Å². The summed E-state index contributed by atoms with van der Waals surface area (Å²) in [6, 6.07) is 10.8. The van der Waals surface area contributed by atoms with E-state index < -0.39 is 0 Å². The van der Waals surface area contributed by atoms with Crippen molar-refractivity contribution in [3.05, 3.63) is 55.1 Å². The Bertz CT molecular complexity index is 870. The molecule has 3 aromatic rings. The molecule has 0 radical (unpaired) electrons. The van der Waals surface area contributed by atoms with E-state index in [-0.39, 0.29) is 5.91 Å². The van der Waals surface area contributed by atoms with Crippen molar-refractivity contribution >= 4 is 11.6 Å². The number of carbonyl (C=O) groups is 1. The lowest BCUT2D eigenvalue weighted by Crippen LogP contribution is -2.14. The molecule has 1 aliphatic carbocycles. The van der Waals surface area contributed by atoms with Crippen LogP contribution in [-0.2, 0) is 4.79 Å². The third-order valence-corrected chi connectivity index (χ3v) is 4.70. The molecule has 0 atom stereocenters. The number of aromatic nitrogens is 4. The lowest BCUT2D eigenvalue weighted by Gasteiger charge is -2.10. The van der Waals surface area contributed by atoms with Gasteiger partial charge in [0.05, 0.1) is 0 Å². The van der Waals surface area contributed by atoms with Crippen LogP contribution in [0.2, 0.25) is 0 Å². The first-order valence-corrected chi connectivity index (χ1v) is 9.16. The summed E-state index contributed by atoms with van der Waals surface area (Å²) in [5.74, 6) is 2.32. The standard InChI is InChI=1S/C20H21N5O2/c26-19(13-15-3-1-2-4-15)22-16-5-7-17(8-6-16)27-20-10-9-18(23-24-20)25-12-11-21-14-25/h5-12,14-15H,1-4,13H2,(H,22,26). The largest absolute Gasteiger partial charge is 0.438 e. The maximum atomic E-state index is 12.1. The minimum absolute atomic E-state index is 0.0801. The van der Waals surface area contributed by atoms with Gasteiger partial charge in [0, 0.05) is 30.6 Å². The maximum Gasteiger partial charge on any atom is 0.238 e. The fraction of sp³-hybridized carbons (Fsp3) is 0.300. The molecule has 1 N–H and O–H groups in total. The van der Waals surface area contributed by atoms with Crippen molar-refractivity contribution in [3.8, 4) is 17.4 Å². The molecule has 2 aromatic heterocycles. The molecule has 0 bridgehead atoms. The fourth-order valence-electron chi connectivity index (χ4n) is 3.32. The molecular weight excluding hydrogens is 342 g/mol. The Labute approximate surface area is 157 Å². The molecule has 1 amide bonds. The molecule has 2 heterocycles. The maximum absolute atomic E-state index is 12.1. The highest BCUT2D eigenvalue weighted by Crippen LogP contribution is 2.28. The van der Waals surface area contributed by atoms with Gasteiger partial charge in [-0.2, -0.15) is 0 Å². The summed E-state index contributed by atoms with van der Waals surface area (Å²) in [5, 5.41) is 11.1. The van der Waals surface area contributed by atoms with Crippen LogP contribution < -0.4 is 10.1 Å². The van der Waals surface area contributed by atoms with E-state index in [0.717, 1.165) is 5.69 Å². The second kappa shape index (κ2) is 7.99. The predicted molar refractivity (Wildman–Crippen MR) is 101 cm³/mol. The van der Waals surface area contributed by atoms with Gasteiger partial charge in [-0.3, -0.25) is 9.36 Å². The molecule has 1 saturated carbocycles. The van der Waals surface area contributed by atoms with Gasteiger partial charge in [0.15, 0.2) is 5.82 Å². The van der Waals surface area contributed by atoms with Gasteiger partial charge < -0.3 is 10.1 Å². The first-order valence-electron chi connectivity index (χ1n) is 9.16. The van der Waals surface area contributed by atoms with Gasteiger partial charge in [0.1, 0.15) is 12.1 Å². The number of benzene rings is 1. The highest BCUT2D eigenvalue weighted by atomic mass is 16.5. The third-order valence-electron chi connectivity index (χ3n) is 4.70. The van der Waals surface area contributed by atoms with Gasteiger partial charge in [-0.25, -0.2) is 4.98 Å². The van der Waals surface area contributed by atoms with Crippen molar-refractivity contribution in [1.29, 1.82) is 0 Å². The van der Waals surface area contributed by atoms with Gasteiger partial charge in [-0.05, 0) is 49.1 Å². The van der Waals surface area contributed by atoms with Crippen molar-refractivity contribution in [2.24, 2.45) is 5.92 Å². The van der Waals surface area contributed by atoms with E-state index in [2.05, 4.69) is 20.5 Å². The Kier molecular flexibility index (Phi) is 5.09. The number of amides is 1. The van der Waals surface area contributed by atoms with Gasteiger partial charge in [-0.1, -0.05) is 12.8 Å². The molecule has 1 fully saturated rings. The monoisotopic (exact) mass is 363 g/mol. The molecule has 27 heavy (non-hydrogen) atoms. The zero-order valence-corrected chi connectivity index (χ0v) is 14.9. The van der Waals surface area contributed by atoms with Crippen LogP contribution in [0, 0.1) is 5.92 Å². The molecule has 138 valence electrons. The Morgan fingerprint density at radius 3 is 2.59 bits per heavy atom. The number of hydrogen-bond donors (Lipinski definition) is 1. The summed E-state index contributed by atoms with van der Waals surface area (Å²) in [5.41, 5.74) is 0.770. The summed E-state index contributed by atoms with van der Waals surface area (Å²) < 4.78 is 7.47. The molecule has 7 nitrogen and oxygen atoms in total. The number of hydrogen-bond acceptors (Lipinski definition) is 5. The third kappa shape index (κ3) is 4.49. The molecule has 0 spiro atoms. The van der Waals surface area contributed by atoms with Crippen molar-refractivity contribution in [2.75, 3.05) is 5.32 Å². The quantitative estimate of drug-likeness (QED) is 0.716. The van der Waals surface area contributed by atoms with E-state index >= 15 is 0 Å². The van der Waals surface area contributed by atoms with Crippen LogP contribution in [0.3, 0.4) is 0 Å². The van der Waals surface area contributed by atoms with Crippen LogP contribution in [0.15, 0.2) is 55.1 Å². The van der Waals surface area contributed by atoms with Crippen LogP contribution in [0.1, 0.15) is 32.1 Å². The molecular formula is C20H21N5O2.